The van der Waals surface area contributed by atoms with E-state index in [9.17, 15) is 9.59 Å². The molecule has 1 unspecified atom stereocenters. The third-order valence-electron chi connectivity index (χ3n) is 4.22. The van der Waals surface area contributed by atoms with Crippen molar-refractivity contribution in [2.75, 3.05) is 6.61 Å². The lowest BCUT2D eigenvalue weighted by molar-refractivity contribution is -0.142. The molecule has 0 aromatic heterocycles. The molecule has 0 bridgehead atoms. The second kappa shape index (κ2) is 9.02. The molecule has 0 saturated heterocycles. The Morgan fingerprint density at radius 3 is 2.21 bits per heavy atom. The molecule has 2 aromatic rings. The zero-order chi connectivity index (χ0) is 17.4. The SMILES string of the molecule is CCC(C)CCC(=O)OCC(=O)c1ccc(-c2ccccc2)cc1. The predicted molar refractivity (Wildman–Crippen MR) is 95.9 cm³/mol. The van der Waals surface area contributed by atoms with Crippen LogP contribution in [0.4, 0.5) is 0 Å². The van der Waals surface area contributed by atoms with Gasteiger partial charge in [0.15, 0.2) is 12.4 Å². The minimum Gasteiger partial charge on any atom is -0.457 e. The number of carbonyl (C=O) groups excluding carboxylic acids is 2. The van der Waals surface area contributed by atoms with Crippen molar-refractivity contribution < 1.29 is 14.3 Å². The standard InChI is InChI=1S/C21H24O3/c1-3-16(2)9-14-21(23)24-15-20(22)19-12-10-18(11-13-19)17-7-5-4-6-8-17/h4-8,10-13,16H,3,9,14-15H2,1-2H3. The number of ether oxygens (including phenoxy) is 1. The zero-order valence-corrected chi connectivity index (χ0v) is 14.3. The van der Waals surface area contributed by atoms with Crippen LogP contribution >= 0.6 is 0 Å². The number of hydrogen-bond donors (Lipinski definition) is 0. The van der Waals surface area contributed by atoms with E-state index in [1.165, 1.54) is 0 Å². The van der Waals surface area contributed by atoms with E-state index in [1.54, 1.807) is 12.1 Å². The van der Waals surface area contributed by atoms with E-state index in [4.69, 9.17) is 4.74 Å². The Hall–Kier alpha value is -2.42. The van der Waals surface area contributed by atoms with Gasteiger partial charge in [0.25, 0.3) is 0 Å². The molecule has 0 aliphatic heterocycles. The lowest BCUT2D eigenvalue weighted by atomic mass is 10.0. The van der Waals surface area contributed by atoms with Crippen LogP contribution in [0.25, 0.3) is 11.1 Å². The van der Waals surface area contributed by atoms with Crippen molar-refractivity contribution in [2.45, 2.75) is 33.1 Å². The first kappa shape index (κ1) is 17.9. The number of carbonyl (C=O) groups is 2. The monoisotopic (exact) mass is 324 g/mol. The molecule has 126 valence electrons. The van der Waals surface area contributed by atoms with Gasteiger partial charge in [-0.1, -0.05) is 74.9 Å². The van der Waals surface area contributed by atoms with E-state index in [2.05, 4.69) is 13.8 Å². The summed E-state index contributed by atoms with van der Waals surface area (Å²) in [5, 5.41) is 0. The Morgan fingerprint density at radius 1 is 0.958 bits per heavy atom. The summed E-state index contributed by atoms with van der Waals surface area (Å²) < 4.78 is 5.08. The molecule has 3 heteroatoms. The van der Waals surface area contributed by atoms with Crippen molar-refractivity contribution in [3.63, 3.8) is 0 Å². The van der Waals surface area contributed by atoms with Crippen LogP contribution in [0.3, 0.4) is 0 Å². The molecule has 3 nitrogen and oxygen atoms in total. The molecule has 0 heterocycles. The molecule has 0 aliphatic carbocycles. The maximum atomic E-state index is 12.1. The van der Waals surface area contributed by atoms with Gasteiger partial charge in [-0.05, 0) is 23.5 Å². The summed E-state index contributed by atoms with van der Waals surface area (Å²) in [5.74, 6) is 0.0230. The van der Waals surface area contributed by atoms with Crippen molar-refractivity contribution in [3.05, 3.63) is 60.2 Å². The fourth-order valence-electron chi connectivity index (χ4n) is 2.35. The second-order valence-electron chi connectivity index (χ2n) is 6.08. The van der Waals surface area contributed by atoms with Crippen molar-refractivity contribution in [1.82, 2.24) is 0 Å². The third-order valence-corrected chi connectivity index (χ3v) is 4.22. The zero-order valence-electron chi connectivity index (χ0n) is 14.3. The van der Waals surface area contributed by atoms with Crippen molar-refractivity contribution in [2.24, 2.45) is 5.92 Å². The fraction of sp³-hybridized carbons (Fsp3) is 0.333. The molecule has 0 aliphatic rings. The summed E-state index contributed by atoms with van der Waals surface area (Å²) in [5.41, 5.74) is 2.72. The van der Waals surface area contributed by atoms with Gasteiger partial charge in [0, 0.05) is 12.0 Å². The minimum absolute atomic E-state index is 0.175. The highest BCUT2D eigenvalue weighted by atomic mass is 16.5. The summed E-state index contributed by atoms with van der Waals surface area (Å²) in [6.45, 7) is 4.01. The summed E-state index contributed by atoms with van der Waals surface area (Å²) in [6.07, 6.45) is 2.21. The lowest BCUT2D eigenvalue weighted by Crippen LogP contribution is -2.14. The van der Waals surface area contributed by atoms with E-state index in [0.29, 0.717) is 17.9 Å². The van der Waals surface area contributed by atoms with Gasteiger partial charge in [-0.3, -0.25) is 9.59 Å². The number of ketones is 1. The molecule has 0 spiro atoms. The van der Waals surface area contributed by atoms with Crippen LogP contribution in [0.2, 0.25) is 0 Å². The molecule has 0 N–H and O–H groups in total. The molecular formula is C21H24O3. The molecule has 0 fully saturated rings. The highest BCUT2D eigenvalue weighted by Crippen LogP contribution is 2.19. The van der Waals surface area contributed by atoms with Gasteiger partial charge in [0.05, 0.1) is 0 Å². The summed E-state index contributed by atoms with van der Waals surface area (Å²) >= 11 is 0. The van der Waals surface area contributed by atoms with Crippen molar-refractivity contribution in [1.29, 1.82) is 0 Å². The molecule has 0 amide bonds. The molecule has 2 rings (SSSR count). The van der Waals surface area contributed by atoms with Crippen LogP contribution in [0.15, 0.2) is 54.6 Å². The quantitative estimate of drug-likeness (QED) is 0.512. The van der Waals surface area contributed by atoms with E-state index in [0.717, 1.165) is 24.0 Å². The molecule has 2 aromatic carbocycles. The Bertz CT molecular complexity index is 659. The van der Waals surface area contributed by atoms with Gasteiger partial charge in [-0.15, -0.1) is 0 Å². The normalized spacial score (nSPS) is 11.8. The Balaban J connectivity index is 1.86. The third kappa shape index (κ3) is 5.34. The Morgan fingerprint density at radius 2 is 1.58 bits per heavy atom. The van der Waals surface area contributed by atoms with E-state index in [1.807, 2.05) is 42.5 Å². The number of rotatable bonds is 8. The largest absolute Gasteiger partial charge is 0.457 e. The van der Waals surface area contributed by atoms with Gasteiger partial charge in [0.1, 0.15) is 0 Å². The first-order valence-electron chi connectivity index (χ1n) is 8.44. The first-order valence-corrected chi connectivity index (χ1v) is 8.44. The van der Waals surface area contributed by atoms with Crippen LogP contribution in [0.1, 0.15) is 43.5 Å². The van der Waals surface area contributed by atoms with Gasteiger partial charge in [-0.25, -0.2) is 0 Å². The smallest absolute Gasteiger partial charge is 0.306 e. The van der Waals surface area contributed by atoms with E-state index in [-0.39, 0.29) is 18.4 Å². The summed E-state index contributed by atoms with van der Waals surface area (Å²) in [7, 11) is 0. The molecule has 0 radical (unpaired) electrons. The average molecular weight is 324 g/mol. The number of Topliss-reactive ketones (excluding diaryl/α,β-unsaturated/α-hetero) is 1. The molecule has 1 atom stereocenters. The van der Waals surface area contributed by atoms with Crippen LogP contribution in [-0.2, 0) is 9.53 Å². The van der Waals surface area contributed by atoms with Crippen LogP contribution in [-0.4, -0.2) is 18.4 Å². The fourth-order valence-corrected chi connectivity index (χ4v) is 2.35. The van der Waals surface area contributed by atoms with Crippen molar-refractivity contribution in [3.8, 4) is 11.1 Å². The van der Waals surface area contributed by atoms with E-state index < -0.39 is 0 Å². The number of esters is 1. The summed E-state index contributed by atoms with van der Waals surface area (Å²) in [4.78, 5) is 23.8. The highest BCUT2D eigenvalue weighted by Gasteiger charge is 2.11. The summed E-state index contributed by atoms with van der Waals surface area (Å²) in [6, 6.07) is 17.3. The molecule has 24 heavy (non-hydrogen) atoms. The first-order chi connectivity index (χ1) is 11.6. The van der Waals surface area contributed by atoms with Crippen LogP contribution in [0.5, 0.6) is 0 Å². The van der Waals surface area contributed by atoms with E-state index >= 15 is 0 Å². The topological polar surface area (TPSA) is 43.4 Å². The maximum absolute atomic E-state index is 12.1. The highest BCUT2D eigenvalue weighted by molar-refractivity contribution is 5.98. The average Bonchev–Trinajstić information content (AvgIpc) is 2.64. The van der Waals surface area contributed by atoms with Gasteiger partial charge in [0.2, 0.25) is 0 Å². The number of hydrogen-bond acceptors (Lipinski definition) is 3. The lowest BCUT2D eigenvalue weighted by Gasteiger charge is -2.08. The van der Waals surface area contributed by atoms with Gasteiger partial charge in [-0.2, -0.15) is 0 Å². The minimum atomic E-state index is -0.301. The van der Waals surface area contributed by atoms with Gasteiger partial charge < -0.3 is 4.74 Å². The maximum Gasteiger partial charge on any atom is 0.306 e. The van der Waals surface area contributed by atoms with Crippen LogP contribution < -0.4 is 0 Å². The molecular weight excluding hydrogens is 300 g/mol. The molecule has 0 saturated carbocycles. The van der Waals surface area contributed by atoms with Crippen molar-refractivity contribution >= 4 is 11.8 Å². The van der Waals surface area contributed by atoms with Crippen LogP contribution in [0, 0.1) is 5.92 Å². The Labute approximate surface area is 143 Å². The predicted octanol–water partition coefficient (Wildman–Crippen LogP) is 4.91. The Kier molecular flexibility index (Phi) is 6.74. The number of benzene rings is 2. The van der Waals surface area contributed by atoms with Gasteiger partial charge >= 0.3 is 5.97 Å². The second-order valence-corrected chi connectivity index (χ2v) is 6.08.